The number of rotatable bonds is 3. The van der Waals surface area contributed by atoms with Crippen LogP contribution in [0.1, 0.15) is 27.7 Å². The SMILES string of the molecule is CC1CN(c2nccc(OC(C)C)n2)C(C)CN1. The lowest BCUT2D eigenvalue weighted by Gasteiger charge is -2.37. The Morgan fingerprint density at radius 1 is 1.44 bits per heavy atom. The van der Waals surface area contributed by atoms with Crippen LogP contribution in [0.2, 0.25) is 0 Å². The van der Waals surface area contributed by atoms with E-state index in [4.69, 9.17) is 4.74 Å². The second-order valence-corrected chi connectivity index (χ2v) is 5.17. The third kappa shape index (κ3) is 3.10. The molecule has 2 heterocycles. The largest absolute Gasteiger partial charge is 0.475 e. The van der Waals surface area contributed by atoms with E-state index in [0.29, 0.717) is 18.0 Å². The molecule has 1 saturated heterocycles. The molecule has 0 aliphatic carbocycles. The number of ether oxygens (including phenoxy) is 1. The fourth-order valence-corrected chi connectivity index (χ4v) is 2.08. The fraction of sp³-hybridized carbons (Fsp3) is 0.692. The summed E-state index contributed by atoms with van der Waals surface area (Å²) in [6.07, 6.45) is 1.89. The van der Waals surface area contributed by atoms with Crippen LogP contribution in [-0.4, -0.2) is 41.2 Å². The van der Waals surface area contributed by atoms with Crippen LogP contribution in [-0.2, 0) is 0 Å². The molecule has 2 unspecified atom stereocenters. The summed E-state index contributed by atoms with van der Waals surface area (Å²) in [5, 5.41) is 3.45. The van der Waals surface area contributed by atoms with Crippen molar-refractivity contribution >= 4 is 5.95 Å². The summed E-state index contributed by atoms with van der Waals surface area (Å²) in [6, 6.07) is 2.66. The van der Waals surface area contributed by atoms with E-state index in [1.807, 2.05) is 13.8 Å². The minimum atomic E-state index is 0.132. The van der Waals surface area contributed by atoms with Crippen LogP contribution in [0.5, 0.6) is 5.88 Å². The Balaban J connectivity index is 2.16. The first-order valence-corrected chi connectivity index (χ1v) is 6.56. The summed E-state index contributed by atoms with van der Waals surface area (Å²) < 4.78 is 5.61. The minimum absolute atomic E-state index is 0.132. The molecule has 0 bridgehead atoms. The van der Waals surface area contributed by atoms with E-state index in [2.05, 4.69) is 34.0 Å². The topological polar surface area (TPSA) is 50.3 Å². The Bertz CT molecular complexity index is 396. The zero-order valence-electron chi connectivity index (χ0n) is 11.6. The third-order valence-electron chi connectivity index (χ3n) is 2.99. The lowest BCUT2D eigenvalue weighted by Crippen LogP contribution is -2.55. The van der Waals surface area contributed by atoms with E-state index in [-0.39, 0.29) is 6.10 Å². The Morgan fingerprint density at radius 2 is 2.22 bits per heavy atom. The van der Waals surface area contributed by atoms with Crippen molar-refractivity contribution in [2.75, 3.05) is 18.0 Å². The van der Waals surface area contributed by atoms with E-state index in [1.54, 1.807) is 12.3 Å². The number of hydrogen-bond donors (Lipinski definition) is 1. The maximum absolute atomic E-state index is 5.61. The van der Waals surface area contributed by atoms with E-state index in [0.717, 1.165) is 19.0 Å². The molecule has 0 aromatic carbocycles. The molecule has 1 fully saturated rings. The average Bonchev–Trinajstić information content (AvgIpc) is 2.32. The summed E-state index contributed by atoms with van der Waals surface area (Å²) in [4.78, 5) is 11.1. The molecular formula is C13H22N4O. The zero-order chi connectivity index (χ0) is 13.1. The molecule has 100 valence electrons. The summed E-state index contributed by atoms with van der Waals surface area (Å²) in [6.45, 7) is 10.2. The number of nitrogens with one attached hydrogen (secondary N) is 1. The van der Waals surface area contributed by atoms with Gasteiger partial charge in [0.15, 0.2) is 0 Å². The smallest absolute Gasteiger partial charge is 0.228 e. The van der Waals surface area contributed by atoms with Crippen molar-refractivity contribution in [1.82, 2.24) is 15.3 Å². The lowest BCUT2D eigenvalue weighted by atomic mass is 10.1. The van der Waals surface area contributed by atoms with Crippen LogP contribution in [0.3, 0.4) is 0 Å². The zero-order valence-corrected chi connectivity index (χ0v) is 11.6. The highest BCUT2D eigenvalue weighted by molar-refractivity contribution is 5.35. The maximum Gasteiger partial charge on any atom is 0.228 e. The standard InChI is InChI=1S/C13H22N4O/c1-9(2)18-12-5-6-14-13(16-12)17-8-10(3)15-7-11(17)4/h5-6,9-11,15H,7-8H2,1-4H3. The summed E-state index contributed by atoms with van der Waals surface area (Å²) in [7, 11) is 0. The second kappa shape index (κ2) is 5.52. The molecule has 1 aliphatic heterocycles. The van der Waals surface area contributed by atoms with Gasteiger partial charge in [-0.3, -0.25) is 0 Å². The van der Waals surface area contributed by atoms with Gasteiger partial charge < -0.3 is 15.0 Å². The molecule has 1 N–H and O–H groups in total. The van der Waals surface area contributed by atoms with Gasteiger partial charge >= 0.3 is 0 Å². The molecule has 5 nitrogen and oxygen atoms in total. The van der Waals surface area contributed by atoms with E-state index in [9.17, 15) is 0 Å². The monoisotopic (exact) mass is 250 g/mol. The van der Waals surface area contributed by atoms with Crippen molar-refractivity contribution in [2.45, 2.75) is 45.9 Å². The van der Waals surface area contributed by atoms with Crippen molar-refractivity contribution in [2.24, 2.45) is 0 Å². The van der Waals surface area contributed by atoms with Gasteiger partial charge in [0, 0.05) is 37.4 Å². The molecule has 1 aromatic rings. The highest BCUT2D eigenvalue weighted by Gasteiger charge is 2.24. The van der Waals surface area contributed by atoms with Crippen LogP contribution >= 0.6 is 0 Å². The van der Waals surface area contributed by atoms with Crippen LogP contribution in [0.25, 0.3) is 0 Å². The van der Waals surface area contributed by atoms with E-state index < -0.39 is 0 Å². The van der Waals surface area contributed by atoms with Crippen molar-refractivity contribution < 1.29 is 4.74 Å². The molecule has 0 amide bonds. The molecule has 0 spiro atoms. The molecule has 2 rings (SSSR count). The van der Waals surface area contributed by atoms with Gasteiger partial charge in [-0.05, 0) is 27.7 Å². The maximum atomic E-state index is 5.61. The van der Waals surface area contributed by atoms with Gasteiger partial charge in [0.25, 0.3) is 0 Å². The van der Waals surface area contributed by atoms with Gasteiger partial charge in [-0.1, -0.05) is 0 Å². The van der Waals surface area contributed by atoms with Gasteiger partial charge in [-0.2, -0.15) is 4.98 Å². The summed E-state index contributed by atoms with van der Waals surface area (Å²) in [5.41, 5.74) is 0. The normalized spacial score (nSPS) is 24.4. The molecule has 5 heteroatoms. The predicted octanol–water partition coefficient (Wildman–Crippen LogP) is 1.45. The molecule has 18 heavy (non-hydrogen) atoms. The Kier molecular flexibility index (Phi) is 4.01. The summed E-state index contributed by atoms with van der Waals surface area (Å²) >= 11 is 0. The molecule has 1 aliphatic rings. The highest BCUT2D eigenvalue weighted by Crippen LogP contribution is 2.18. The van der Waals surface area contributed by atoms with Gasteiger partial charge in [-0.15, -0.1) is 0 Å². The number of anilines is 1. The van der Waals surface area contributed by atoms with Gasteiger partial charge in [0.2, 0.25) is 11.8 Å². The Hall–Kier alpha value is -1.36. The van der Waals surface area contributed by atoms with Crippen LogP contribution in [0, 0.1) is 0 Å². The first kappa shape index (κ1) is 13.1. The van der Waals surface area contributed by atoms with Crippen LogP contribution in [0.4, 0.5) is 5.95 Å². The van der Waals surface area contributed by atoms with Gasteiger partial charge in [0.1, 0.15) is 0 Å². The molecule has 1 aromatic heterocycles. The third-order valence-corrected chi connectivity index (χ3v) is 2.99. The van der Waals surface area contributed by atoms with Crippen LogP contribution < -0.4 is 15.0 Å². The minimum Gasteiger partial charge on any atom is -0.475 e. The van der Waals surface area contributed by atoms with Crippen molar-refractivity contribution in [3.8, 4) is 5.88 Å². The number of nitrogens with zero attached hydrogens (tertiary/aromatic N) is 3. The van der Waals surface area contributed by atoms with Crippen LogP contribution in [0.15, 0.2) is 12.3 Å². The van der Waals surface area contributed by atoms with Crippen molar-refractivity contribution in [3.63, 3.8) is 0 Å². The highest BCUT2D eigenvalue weighted by atomic mass is 16.5. The molecule has 0 radical (unpaired) electrons. The quantitative estimate of drug-likeness (QED) is 0.880. The average molecular weight is 250 g/mol. The van der Waals surface area contributed by atoms with E-state index >= 15 is 0 Å². The van der Waals surface area contributed by atoms with E-state index in [1.165, 1.54) is 0 Å². The molecule has 0 saturated carbocycles. The first-order chi connectivity index (χ1) is 8.56. The van der Waals surface area contributed by atoms with Crippen molar-refractivity contribution in [3.05, 3.63) is 12.3 Å². The fourth-order valence-electron chi connectivity index (χ4n) is 2.08. The predicted molar refractivity (Wildman–Crippen MR) is 72.1 cm³/mol. The molecular weight excluding hydrogens is 228 g/mol. The second-order valence-electron chi connectivity index (χ2n) is 5.17. The number of hydrogen-bond acceptors (Lipinski definition) is 5. The van der Waals surface area contributed by atoms with Gasteiger partial charge in [-0.25, -0.2) is 4.98 Å². The van der Waals surface area contributed by atoms with Crippen molar-refractivity contribution in [1.29, 1.82) is 0 Å². The lowest BCUT2D eigenvalue weighted by molar-refractivity contribution is 0.232. The summed E-state index contributed by atoms with van der Waals surface area (Å²) in [5.74, 6) is 1.40. The molecule has 2 atom stereocenters. The first-order valence-electron chi connectivity index (χ1n) is 6.56. The number of aromatic nitrogens is 2. The Labute approximate surface area is 109 Å². The van der Waals surface area contributed by atoms with Gasteiger partial charge in [0.05, 0.1) is 6.10 Å². The number of piperazine rings is 1. The Morgan fingerprint density at radius 3 is 2.94 bits per heavy atom.